The smallest absolute Gasteiger partial charge is 0.269 e. The Morgan fingerprint density at radius 3 is 2.50 bits per heavy atom. The number of aliphatic hydroxyl groups excluding tert-OH is 1. The highest BCUT2D eigenvalue weighted by atomic mass is 28.4. The van der Waals surface area contributed by atoms with Crippen LogP contribution < -0.4 is 14.5 Å². The van der Waals surface area contributed by atoms with Gasteiger partial charge in [0.2, 0.25) is 0 Å². The summed E-state index contributed by atoms with van der Waals surface area (Å²) in [5.41, 5.74) is 5.08. The van der Waals surface area contributed by atoms with Crippen LogP contribution in [-0.4, -0.2) is 70.9 Å². The summed E-state index contributed by atoms with van der Waals surface area (Å²) >= 11 is 0. The van der Waals surface area contributed by atoms with Crippen LogP contribution in [0.1, 0.15) is 69.7 Å². The first-order valence-corrected chi connectivity index (χ1v) is 22.6. The normalized spacial score (nSPS) is 22.6. The molecule has 0 saturated carbocycles. The summed E-state index contributed by atoms with van der Waals surface area (Å²) in [6.07, 6.45) is 8.01. The molecule has 12 heteroatoms. The van der Waals surface area contributed by atoms with Crippen LogP contribution in [0.4, 0.5) is 17.1 Å². The molecule has 3 aliphatic heterocycles. The van der Waals surface area contributed by atoms with Crippen molar-refractivity contribution in [2.75, 3.05) is 29.6 Å². The van der Waals surface area contributed by atoms with Crippen LogP contribution in [0, 0.1) is 5.92 Å². The molecule has 3 aliphatic rings. The number of nitrogens with zero attached hydrogens (tertiary/aromatic N) is 5. The molecule has 2 N–H and O–H groups in total. The van der Waals surface area contributed by atoms with Gasteiger partial charge in [-0.3, -0.25) is 19.2 Å². The molecule has 4 heterocycles. The number of rotatable bonds is 13. The molecule has 1 aromatic heterocycles. The number of aryl methyl sites for hydroxylation is 1. The number of carbonyl (C=O) groups is 2. The second-order valence-corrected chi connectivity index (χ2v) is 20.1. The number of aromatic nitrogens is 3. The second-order valence-electron chi connectivity index (χ2n) is 16.2. The number of hydrogen-bond acceptors (Lipinski definition) is 8. The summed E-state index contributed by atoms with van der Waals surface area (Å²) in [4.78, 5) is 44.0. The lowest BCUT2D eigenvalue weighted by molar-refractivity contribution is -0.145. The topological polar surface area (TPSA) is 130 Å². The number of aliphatic hydroxyl groups is 1. The molecular weight excluding hydrogens is 723 g/mol. The third-order valence-electron chi connectivity index (χ3n) is 11.6. The molecule has 3 aromatic carbocycles. The number of allylic oxidation sites excluding steroid dienone is 3. The van der Waals surface area contributed by atoms with Crippen LogP contribution in [0.25, 0.3) is 0 Å². The van der Waals surface area contributed by atoms with Gasteiger partial charge in [0, 0.05) is 42.0 Å². The van der Waals surface area contributed by atoms with Gasteiger partial charge >= 0.3 is 0 Å². The highest BCUT2D eigenvalue weighted by Crippen LogP contribution is 2.60. The summed E-state index contributed by atoms with van der Waals surface area (Å²) in [6, 6.07) is 22.9. The molecule has 5 atom stereocenters. The van der Waals surface area contributed by atoms with Gasteiger partial charge in [-0.25, -0.2) is 0 Å². The quantitative estimate of drug-likeness (QED) is 0.106. The predicted octanol–water partition coefficient (Wildman–Crippen LogP) is 7.39. The molecule has 11 nitrogen and oxygen atoms in total. The van der Waals surface area contributed by atoms with E-state index < -0.39 is 20.0 Å². The Hall–Kier alpha value is -4.88. The number of benzene rings is 3. The monoisotopic (exact) mass is 775 g/mol. The molecule has 0 bridgehead atoms. The molecule has 1 spiro atoms. The van der Waals surface area contributed by atoms with Gasteiger partial charge in [-0.2, -0.15) is 0 Å². The summed E-state index contributed by atoms with van der Waals surface area (Å²) < 4.78 is 14.7. The fourth-order valence-electron chi connectivity index (χ4n) is 8.88. The highest BCUT2D eigenvalue weighted by Gasteiger charge is 2.66. The number of fused-ring (bicyclic) bond motifs is 3. The molecule has 1 unspecified atom stereocenters. The molecule has 7 rings (SSSR count). The second kappa shape index (κ2) is 15.9. The summed E-state index contributed by atoms with van der Waals surface area (Å²) in [5.74, 6) is -0.462. The maximum atomic E-state index is 15.1. The minimum absolute atomic E-state index is 0.100. The van der Waals surface area contributed by atoms with E-state index in [1.54, 1.807) is 9.58 Å². The first kappa shape index (κ1) is 39.4. The highest BCUT2D eigenvalue weighted by molar-refractivity contribution is 6.71. The molecule has 0 aliphatic carbocycles. The molecule has 294 valence electrons. The molecule has 4 aromatic rings. The zero-order valence-electron chi connectivity index (χ0n) is 33.2. The van der Waals surface area contributed by atoms with E-state index >= 15 is 4.79 Å². The van der Waals surface area contributed by atoms with Crippen molar-refractivity contribution in [3.63, 3.8) is 0 Å². The molecule has 56 heavy (non-hydrogen) atoms. The summed E-state index contributed by atoms with van der Waals surface area (Å²) in [5, 5.41) is 19.1. The van der Waals surface area contributed by atoms with E-state index in [0.717, 1.165) is 24.1 Å². The number of para-hydroxylation sites is 2. The van der Waals surface area contributed by atoms with Gasteiger partial charge in [0.1, 0.15) is 5.75 Å². The third kappa shape index (κ3) is 7.38. The van der Waals surface area contributed by atoms with Gasteiger partial charge in [-0.05, 0) is 89.0 Å². The fraction of sp³-hybridized carbons (Fsp3) is 0.409. The maximum absolute atomic E-state index is 15.1. The molecule has 1 fully saturated rings. The Balaban J connectivity index is 1.24. The van der Waals surface area contributed by atoms with E-state index in [4.69, 9.17) is 9.47 Å². The van der Waals surface area contributed by atoms with Crippen molar-refractivity contribution < 1.29 is 29.0 Å². The maximum Gasteiger partial charge on any atom is 0.269 e. The zero-order valence-corrected chi connectivity index (χ0v) is 34.2. The first-order valence-electron chi connectivity index (χ1n) is 19.6. The molecule has 1 saturated heterocycles. The molecule has 2 amide bonds. The number of ether oxygens (including phenoxy) is 2. The Kier molecular flexibility index (Phi) is 11.2. The van der Waals surface area contributed by atoms with Crippen LogP contribution in [-0.2, 0) is 26.5 Å². The van der Waals surface area contributed by atoms with Gasteiger partial charge in [-0.15, -0.1) is 5.10 Å². The van der Waals surface area contributed by atoms with Crippen molar-refractivity contribution >= 4 is 37.2 Å². The van der Waals surface area contributed by atoms with Crippen LogP contribution >= 0.6 is 0 Å². The number of carbonyl (C=O) groups excluding carboxylic acids is 2. The Labute approximate surface area is 330 Å². The summed E-state index contributed by atoms with van der Waals surface area (Å²) in [6.45, 7) is 12.7. The lowest BCUT2D eigenvalue weighted by Crippen LogP contribution is -2.46. The van der Waals surface area contributed by atoms with Crippen molar-refractivity contribution in [3.8, 4) is 5.75 Å². The predicted molar refractivity (Wildman–Crippen MR) is 219 cm³/mol. The van der Waals surface area contributed by atoms with E-state index in [0.29, 0.717) is 47.9 Å². The van der Waals surface area contributed by atoms with E-state index in [-0.39, 0.29) is 42.4 Å². The van der Waals surface area contributed by atoms with Crippen LogP contribution in [0.3, 0.4) is 0 Å². The Bertz CT molecular complexity index is 2140. The average Bonchev–Trinajstić information content (AvgIpc) is 3.83. The molecular formula is C44H53N5O6Si. The van der Waals surface area contributed by atoms with Crippen LogP contribution in [0.15, 0.2) is 102 Å². The van der Waals surface area contributed by atoms with Crippen molar-refractivity contribution in [3.05, 3.63) is 119 Å². The van der Waals surface area contributed by atoms with Crippen LogP contribution in [0.2, 0.25) is 18.6 Å². The summed E-state index contributed by atoms with van der Waals surface area (Å²) in [7, 11) is -2.96. The van der Waals surface area contributed by atoms with Crippen molar-refractivity contribution in [1.82, 2.24) is 15.0 Å². The minimum atomic E-state index is -2.96. The van der Waals surface area contributed by atoms with Crippen molar-refractivity contribution in [1.29, 1.82) is 0 Å². The van der Waals surface area contributed by atoms with Gasteiger partial charge in [0.25, 0.3) is 11.8 Å². The standard InChI is InChI=1S/C44H53N5O6Si/c1-29(2)13-12-14-30(3)21-24-48-37-20-19-33(49-38-17-10-11-18-39(38)54-28-41(49)51)25-35(37)44(43(48)52)31(4)42(56(5,6)53)40(55-44)22-23-47-26-36(45-46-47)34(27-50)32-15-8-7-9-16-32/h7-11,13,15-21,25-26,31,34,40,42,50,53H,12,14,22-24,27-28H2,1-6H3/b30-21+/t31-,34?,40+,42-,44+/m1/s1. The number of hydrogen-bond donors (Lipinski definition) is 2. The zero-order chi connectivity index (χ0) is 39.8. The van der Waals surface area contributed by atoms with Gasteiger partial charge in [0.15, 0.2) is 20.5 Å². The molecule has 0 radical (unpaired) electrons. The van der Waals surface area contributed by atoms with Gasteiger partial charge in [-0.1, -0.05) is 77.9 Å². The largest absolute Gasteiger partial charge is 0.482 e. The average molecular weight is 776 g/mol. The third-order valence-corrected chi connectivity index (χ3v) is 14.1. The van der Waals surface area contributed by atoms with Gasteiger partial charge in [0.05, 0.1) is 35.7 Å². The Morgan fingerprint density at radius 2 is 1.77 bits per heavy atom. The Morgan fingerprint density at radius 1 is 1.02 bits per heavy atom. The van der Waals surface area contributed by atoms with E-state index in [2.05, 4.69) is 43.2 Å². The van der Waals surface area contributed by atoms with Crippen LogP contribution in [0.5, 0.6) is 5.75 Å². The SMILES string of the molecule is CC(C)=CCC/C(C)=C/CN1C(=O)[C@@]2(O[C@@H](CCn3cc(C(CO)c4ccccc4)nn3)[C@H]([Si](C)(C)O)[C@H]2C)c2cc(N3C(=O)COc4ccccc43)ccc21. The van der Waals surface area contributed by atoms with E-state index in [1.165, 1.54) is 11.1 Å². The number of anilines is 3. The first-order chi connectivity index (χ1) is 26.8. The number of amides is 2. The van der Waals surface area contributed by atoms with E-state index in [1.807, 2.05) is 104 Å². The lowest BCUT2D eigenvalue weighted by atomic mass is 9.82. The van der Waals surface area contributed by atoms with Crippen molar-refractivity contribution in [2.45, 2.75) is 89.8 Å². The van der Waals surface area contributed by atoms with E-state index in [9.17, 15) is 14.7 Å². The fourth-order valence-corrected chi connectivity index (χ4v) is 11.5. The minimum Gasteiger partial charge on any atom is -0.482 e. The lowest BCUT2D eigenvalue weighted by Gasteiger charge is -2.33. The van der Waals surface area contributed by atoms with Gasteiger partial charge < -0.3 is 24.3 Å². The van der Waals surface area contributed by atoms with Crippen molar-refractivity contribution in [2.24, 2.45) is 5.92 Å².